The van der Waals surface area contributed by atoms with Gasteiger partial charge in [-0.1, -0.05) is 15.9 Å². The molecule has 0 amide bonds. The van der Waals surface area contributed by atoms with Gasteiger partial charge >= 0.3 is 0 Å². The van der Waals surface area contributed by atoms with E-state index in [1.165, 1.54) is 21.3 Å². The summed E-state index contributed by atoms with van der Waals surface area (Å²) in [5, 5.41) is 6.83. The van der Waals surface area contributed by atoms with E-state index >= 15 is 0 Å². The minimum Gasteiger partial charge on any atom is -0.298 e. The van der Waals surface area contributed by atoms with Crippen LogP contribution in [0.25, 0.3) is 0 Å². The highest BCUT2D eigenvalue weighted by molar-refractivity contribution is 9.10. The van der Waals surface area contributed by atoms with E-state index in [0.29, 0.717) is 0 Å². The zero-order valence-electron chi connectivity index (χ0n) is 10.1. The van der Waals surface area contributed by atoms with Crippen molar-refractivity contribution < 1.29 is 0 Å². The molecule has 4 nitrogen and oxygen atoms in total. The van der Waals surface area contributed by atoms with E-state index in [2.05, 4.69) is 36.0 Å². The first-order valence-electron chi connectivity index (χ1n) is 6.15. The second-order valence-corrected chi connectivity index (χ2v) is 5.46. The molecule has 1 N–H and O–H groups in total. The molecule has 0 fully saturated rings. The Labute approximate surface area is 115 Å². The number of halogens is 1. The molecule has 18 heavy (non-hydrogen) atoms. The minimum atomic E-state index is 0.988. The molecule has 0 atom stereocenters. The number of pyridine rings is 1. The zero-order chi connectivity index (χ0) is 12.4. The molecule has 5 heteroatoms. The van der Waals surface area contributed by atoms with Crippen molar-refractivity contribution in [1.29, 1.82) is 0 Å². The van der Waals surface area contributed by atoms with E-state index in [1.807, 2.05) is 24.7 Å². The molecule has 0 bridgehead atoms. The Morgan fingerprint density at radius 2 is 2.39 bits per heavy atom. The molecular formula is C13H15BrN4. The first-order chi connectivity index (χ1) is 8.83. The van der Waals surface area contributed by atoms with E-state index in [4.69, 9.17) is 0 Å². The monoisotopic (exact) mass is 306 g/mol. The lowest BCUT2D eigenvalue weighted by molar-refractivity contribution is 0.254. The SMILES string of the molecule is Brc1ccnc2c1CN(CCc1cn[nH]c1)CC2. The Morgan fingerprint density at radius 3 is 3.22 bits per heavy atom. The number of H-pyrrole nitrogens is 1. The molecule has 1 aliphatic heterocycles. The first kappa shape index (κ1) is 11.9. The summed E-state index contributed by atoms with van der Waals surface area (Å²) < 4.78 is 1.18. The third-order valence-electron chi connectivity index (χ3n) is 3.41. The topological polar surface area (TPSA) is 44.8 Å². The molecule has 2 aromatic heterocycles. The summed E-state index contributed by atoms with van der Waals surface area (Å²) in [7, 11) is 0. The van der Waals surface area contributed by atoms with Crippen molar-refractivity contribution in [3.8, 4) is 0 Å². The van der Waals surface area contributed by atoms with E-state index in [1.54, 1.807) is 0 Å². The summed E-state index contributed by atoms with van der Waals surface area (Å²) in [5.74, 6) is 0. The average Bonchev–Trinajstić information content (AvgIpc) is 2.90. The second-order valence-electron chi connectivity index (χ2n) is 4.60. The van der Waals surface area contributed by atoms with Crippen LogP contribution < -0.4 is 0 Å². The predicted octanol–water partition coefficient (Wildman–Crippen LogP) is 2.17. The van der Waals surface area contributed by atoms with Gasteiger partial charge in [-0.15, -0.1) is 0 Å². The van der Waals surface area contributed by atoms with Crippen LogP contribution in [-0.4, -0.2) is 33.2 Å². The van der Waals surface area contributed by atoms with Gasteiger partial charge in [0.15, 0.2) is 0 Å². The van der Waals surface area contributed by atoms with Crippen molar-refractivity contribution >= 4 is 15.9 Å². The molecule has 0 unspecified atom stereocenters. The van der Waals surface area contributed by atoms with E-state index in [9.17, 15) is 0 Å². The maximum Gasteiger partial charge on any atom is 0.0519 e. The normalized spacial score (nSPS) is 15.6. The van der Waals surface area contributed by atoms with Crippen LogP contribution in [0.1, 0.15) is 16.8 Å². The summed E-state index contributed by atoms with van der Waals surface area (Å²) in [5.41, 5.74) is 3.85. The van der Waals surface area contributed by atoms with Crippen LogP contribution in [-0.2, 0) is 19.4 Å². The fourth-order valence-corrected chi connectivity index (χ4v) is 2.82. The Morgan fingerprint density at radius 1 is 1.44 bits per heavy atom. The number of fused-ring (bicyclic) bond motifs is 1. The van der Waals surface area contributed by atoms with Crippen LogP contribution in [0, 0.1) is 0 Å². The molecule has 0 radical (unpaired) electrons. The fraction of sp³-hybridized carbons (Fsp3) is 0.385. The van der Waals surface area contributed by atoms with Crippen LogP contribution in [0.5, 0.6) is 0 Å². The van der Waals surface area contributed by atoms with Crippen molar-refractivity contribution in [2.45, 2.75) is 19.4 Å². The summed E-state index contributed by atoms with van der Waals surface area (Å²) >= 11 is 3.62. The second kappa shape index (κ2) is 5.20. The quantitative estimate of drug-likeness (QED) is 0.945. The third-order valence-corrected chi connectivity index (χ3v) is 4.15. The fourth-order valence-electron chi connectivity index (χ4n) is 2.35. The third kappa shape index (κ3) is 2.47. The van der Waals surface area contributed by atoms with Crippen molar-refractivity contribution in [3.63, 3.8) is 0 Å². The molecule has 0 aromatic carbocycles. The zero-order valence-corrected chi connectivity index (χ0v) is 11.7. The number of aromatic amines is 1. The van der Waals surface area contributed by atoms with Gasteiger partial charge in [-0.25, -0.2) is 0 Å². The minimum absolute atomic E-state index is 0.988. The molecule has 1 aliphatic rings. The molecule has 0 saturated carbocycles. The van der Waals surface area contributed by atoms with Gasteiger partial charge in [0.1, 0.15) is 0 Å². The van der Waals surface area contributed by atoms with Crippen LogP contribution >= 0.6 is 15.9 Å². The van der Waals surface area contributed by atoms with Gasteiger partial charge in [0, 0.05) is 54.2 Å². The molecule has 0 spiro atoms. The highest BCUT2D eigenvalue weighted by Gasteiger charge is 2.18. The van der Waals surface area contributed by atoms with Crippen molar-refractivity contribution in [3.05, 3.63) is 46.0 Å². The van der Waals surface area contributed by atoms with Crippen molar-refractivity contribution in [1.82, 2.24) is 20.1 Å². The first-order valence-corrected chi connectivity index (χ1v) is 6.94. The van der Waals surface area contributed by atoms with Crippen LogP contribution in [0.3, 0.4) is 0 Å². The molecule has 94 valence electrons. The van der Waals surface area contributed by atoms with Crippen LogP contribution in [0.4, 0.5) is 0 Å². The Kier molecular flexibility index (Phi) is 3.43. The maximum absolute atomic E-state index is 4.45. The predicted molar refractivity (Wildman–Crippen MR) is 73.2 cm³/mol. The molecule has 3 heterocycles. The smallest absolute Gasteiger partial charge is 0.0519 e. The highest BCUT2D eigenvalue weighted by atomic mass is 79.9. The largest absolute Gasteiger partial charge is 0.298 e. The van der Waals surface area contributed by atoms with E-state index < -0.39 is 0 Å². The lowest BCUT2D eigenvalue weighted by Gasteiger charge is -2.28. The van der Waals surface area contributed by atoms with Gasteiger partial charge in [0.25, 0.3) is 0 Å². The molecule has 0 aliphatic carbocycles. The molecular weight excluding hydrogens is 292 g/mol. The van der Waals surface area contributed by atoms with Gasteiger partial charge in [-0.3, -0.25) is 15.0 Å². The summed E-state index contributed by atoms with van der Waals surface area (Å²) in [6, 6.07) is 2.03. The van der Waals surface area contributed by atoms with Crippen molar-refractivity contribution in [2.75, 3.05) is 13.1 Å². The molecule has 0 saturated heterocycles. The van der Waals surface area contributed by atoms with E-state index in [-0.39, 0.29) is 0 Å². The van der Waals surface area contributed by atoms with Gasteiger partial charge in [0.2, 0.25) is 0 Å². The Balaban J connectivity index is 1.66. The van der Waals surface area contributed by atoms with Crippen LogP contribution in [0.15, 0.2) is 29.1 Å². The standard InChI is InChI=1S/C13H15BrN4/c14-12-1-4-15-13-3-6-18(9-11(12)13)5-2-10-7-16-17-8-10/h1,4,7-8H,2-3,5-6,9H2,(H,16,17). The van der Waals surface area contributed by atoms with Crippen LogP contribution in [0.2, 0.25) is 0 Å². The lowest BCUT2D eigenvalue weighted by atomic mass is 10.1. The summed E-state index contributed by atoms with van der Waals surface area (Å²) in [4.78, 5) is 6.93. The van der Waals surface area contributed by atoms with Gasteiger partial charge in [-0.05, 0) is 18.1 Å². The molecule has 2 aromatic rings. The van der Waals surface area contributed by atoms with Crippen molar-refractivity contribution in [2.24, 2.45) is 0 Å². The highest BCUT2D eigenvalue weighted by Crippen LogP contribution is 2.24. The molecule has 3 rings (SSSR count). The van der Waals surface area contributed by atoms with E-state index in [0.717, 1.165) is 32.5 Å². The lowest BCUT2D eigenvalue weighted by Crippen LogP contribution is -2.32. The number of rotatable bonds is 3. The van der Waals surface area contributed by atoms with Gasteiger partial charge in [-0.2, -0.15) is 5.10 Å². The Hall–Kier alpha value is -1.20. The average molecular weight is 307 g/mol. The maximum atomic E-state index is 4.45. The summed E-state index contributed by atoms with van der Waals surface area (Å²) in [6.45, 7) is 3.15. The number of hydrogen-bond donors (Lipinski definition) is 1. The number of nitrogens with zero attached hydrogens (tertiary/aromatic N) is 3. The van der Waals surface area contributed by atoms with Gasteiger partial charge < -0.3 is 0 Å². The number of aromatic nitrogens is 3. The number of hydrogen-bond acceptors (Lipinski definition) is 3. The van der Waals surface area contributed by atoms with Gasteiger partial charge in [0.05, 0.1) is 6.20 Å². The Bertz CT molecular complexity index is 524. The summed E-state index contributed by atoms with van der Waals surface area (Å²) in [6.07, 6.45) is 7.83. The number of nitrogens with one attached hydrogen (secondary N) is 1.